The van der Waals surface area contributed by atoms with Crippen molar-refractivity contribution >= 4 is 18.2 Å². The predicted octanol–water partition coefficient (Wildman–Crippen LogP) is 3.57. The maximum Gasteiger partial charge on any atom is 0.0345 e. The van der Waals surface area contributed by atoms with Crippen LogP contribution in [0.15, 0.2) is 17.1 Å². The summed E-state index contributed by atoms with van der Waals surface area (Å²) in [5.41, 5.74) is 0. The molecular weight excluding hydrogens is 154 g/mol. The summed E-state index contributed by atoms with van der Waals surface area (Å²) in [6.07, 6.45) is 3.36. The van der Waals surface area contributed by atoms with E-state index in [-0.39, 0.29) is 0 Å². The van der Waals surface area contributed by atoms with E-state index in [1.165, 1.54) is 11.9 Å². The fourth-order valence-electron chi connectivity index (χ4n) is 0.161. The third kappa shape index (κ3) is 41.6. The first kappa shape index (κ1) is 13.4. The summed E-state index contributed by atoms with van der Waals surface area (Å²) in [4.78, 5) is 0. The SMILES string of the molecule is C=C/C=N\SCC.CC(C)C. The lowest BCUT2D eigenvalue weighted by Crippen LogP contribution is -1.66. The maximum absolute atomic E-state index is 3.88. The third-order valence-corrected chi connectivity index (χ3v) is 0.899. The molecule has 2 heteroatoms. The molecule has 0 atom stereocenters. The van der Waals surface area contributed by atoms with Crippen molar-refractivity contribution in [3.63, 3.8) is 0 Å². The highest BCUT2D eigenvalue weighted by atomic mass is 32.2. The van der Waals surface area contributed by atoms with E-state index in [4.69, 9.17) is 0 Å². The summed E-state index contributed by atoms with van der Waals surface area (Å²) in [7, 11) is 0. The van der Waals surface area contributed by atoms with Crippen molar-refractivity contribution in [1.29, 1.82) is 0 Å². The van der Waals surface area contributed by atoms with Gasteiger partial charge in [-0.15, -0.1) is 0 Å². The molecule has 0 amide bonds. The number of nitrogens with zero attached hydrogens (tertiary/aromatic N) is 1. The summed E-state index contributed by atoms with van der Waals surface area (Å²) in [6, 6.07) is 0. The molecule has 0 fully saturated rings. The fraction of sp³-hybridized carbons (Fsp3) is 0.667. The van der Waals surface area contributed by atoms with Crippen molar-refractivity contribution in [1.82, 2.24) is 0 Å². The van der Waals surface area contributed by atoms with Crippen LogP contribution < -0.4 is 0 Å². The van der Waals surface area contributed by atoms with Gasteiger partial charge in [-0.05, 0) is 17.9 Å². The van der Waals surface area contributed by atoms with Gasteiger partial charge >= 0.3 is 0 Å². The van der Waals surface area contributed by atoms with Crippen LogP contribution in [0.5, 0.6) is 0 Å². The van der Waals surface area contributed by atoms with Crippen molar-refractivity contribution in [3.05, 3.63) is 12.7 Å². The summed E-state index contributed by atoms with van der Waals surface area (Å²) in [6.45, 7) is 12.0. The molecule has 0 aromatic carbocycles. The smallest absolute Gasteiger partial charge is 0.0345 e. The lowest BCUT2D eigenvalue weighted by molar-refractivity contribution is 0.737. The normalized spacial score (nSPS) is 9.55. The van der Waals surface area contributed by atoms with E-state index in [1.54, 1.807) is 12.3 Å². The minimum Gasteiger partial charge on any atom is -0.225 e. The van der Waals surface area contributed by atoms with Gasteiger partial charge in [-0.25, -0.2) is 4.40 Å². The Morgan fingerprint density at radius 3 is 2.18 bits per heavy atom. The molecule has 0 aliphatic carbocycles. The molecule has 0 aliphatic rings. The standard InChI is InChI=1S/C5H9NS.C4H10/c1-3-5-6-7-4-2;1-4(2)3/h3,5H,1,4H2,2H3;4H,1-3H3/b6-5-;. The summed E-state index contributed by atoms with van der Waals surface area (Å²) < 4.78 is 3.88. The monoisotopic (exact) mass is 173 g/mol. The molecule has 0 saturated heterocycles. The van der Waals surface area contributed by atoms with Crippen molar-refractivity contribution in [2.24, 2.45) is 10.3 Å². The minimum atomic E-state index is 0.833. The van der Waals surface area contributed by atoms with Crippen LogP contribution in [0.2, 0.25) is 0 Å². The molecule has 0 unspecified atom stereocenters. The molecule has 0 rings (SSSR count). The van der Waals surface area contributed by atoms with Crippen LogP contribution in [0.25, 0.3) is 0 Å². The Morgan fingerprint density at radius 1 is 1.45 bits per heavy atom. The van der Waals surface area contributed by atoms with Crippen molar-refractivity contribution in [2.45, 2.75) is 27.7 Å². The number of rotatable bonds is 3. The Labute approximate surface area is 75.1 Å². The average Bonchev–Trinajstić information content (AvgIpc) is 1.88. The summed E-state index contributed by atoms with van der Waals surface area (Å²) >= 11 is 1.53. The van der Waals surface area contributed by atoms with Gasteiger partial charge in [0, 0.05) is 12.0 Å². The maximum atomic E-state index is 3.88. The lowest BCUT2D eigenvalue weighted by Gasteiger charge is -1.79. The highest BCUT2D eigenvalue weighted by Crippen LogP contribution is 1.96. The Morgan fingerprint density at radius 2 is 1.91 bits per heavy atom. The molecule has 0 radical (unpaired) electrons. The molecule has 11 heavy (non-hydrogen) atoms. The first-order valence-electron chi connectivity index (χ1n) is 3.91. The summed E-state index contributed by atoms with van der Waals surface area (Å²) in [5, 5.41) is 0. The second-order valence-electron chi connectivity index (χ2n) is 2.64. The van der Waals surface area contributed by atoms with Crippen LogP contribution in [0.4, 0.5) is 0 Å². The molecule has 0 aliphatic heterocycles. The predicted molar refractivity (Wildman–Crippen MR) is 57.3 cm³/mol. The van der Waals surface area contributed by atoms with E-state index in [2.05, 4.69) is 38.7 Å². The van der Waals surface area contributed by atoms with Crippen LogP contribution in [-0.4, -0.2) is 12.0 Å². The Balaban J connectivity index is 0. The number of allylic oxidation sites excluding steroid dienone is 1. The van der Waals surface area contributed by atoms with Gasteiger partial charge in [0.1, 0.15) is 0 Å². The Bertz CT molecular complexity index is 95.0. The topological polar surface area (TPSA) is 12.4 Å². The van der Waals surface area contributed by atoms with Crippen molar-refractivity contribution < 1.29 is 0 Å². The largest absolute Gasteiger partial charge is 0.225 e. The van der Waals surface area contributed by atoms with Crippen LogP contribution in [0, 0.1) is 5.92 Å². The van der Waals surface area contributed by atoms with E-state index >= 15 is 0 Å². The van der Waals surface area contributed by atoms with E-state index in [0.29, 0.717) is 0 Å². The van der Waals surface area contributed by atoms with Gasteiger partial charge in [0.25, 0.3) is 0 Å². The van der Waals surface area contributed by atoms with Gasteiger partial charge in [0.05, 0.1) is 0 Å². The Kier molecular flexibility index (Phi) is 15.1. The van der Waals surface area contributed by atoms with Crippen molar-refractivity contribution in [3.8, 4) is 0 Å². The molecule has 0 aromatic heterocycles. The molecule has 0 aromatic rings. The van der Waals surface area contributed by atoms with Crippen LogP contribution >= 0.6 is 11.9 Å². The van der Waals surface area contributed by atoms with Gasteiger partial charge in [0.15, 0.2) is 0 Å². The molecule has 0 bridgehead atoms. The van der Waals surface area contributed by atoms with Crippen LogP contribution in [0.1, 0.15) is 27.7 Å². The zero-order valence-corrected chi connectivity index (χ0v) is 8.82. The minimum absolute atomic E-state index is 0.833. The summed E-state index contributed by atoms with van der Waals surface area (Å²) in [5.74, 6) is 1.87. The second kappa shape index (κ2) is 12.4. The van der Waals surface area contributed by atoms with E-state index in [9.17, 15) is 0 Å². The highest BCUT2D eigenvalue weighted by Gasteiger charge is 1.68. The molecule has 0 heterocycles. The fourth-order valence-corrected chi connectivity index (χ4v) is 0.482. The molecule has 66 valence electrons. The molecule has 0 spiro atoms. The highest BCUT2D eigenvalue weighted by molar-refractivity contribution is 7.98. The lowest BCUT2D eigenvalue weighted by atomic mass is 10.3. The van der Waals surface area contributed by atoms with E-state index < -0.39 is 0 Å². The third-order valence-electron chi connectivity index (χ3n) is 0.370. The van der Waals surface area contributed by atoms with Gasteiger partial charge < -0.3 is 0 Å². The van der Waals surface area contributed by atoms with E-state index in [0.717, 1.165) is 11.7 Å². The first-order chi connectivity index (χ1) is 5.15. The zero-order chi connectivity index (χ0) is 9.11. The first-order valence-corrected chi connectivity index (χ1v) is 4.85. The van der Waals surface area contributed by atoms with Crippen molar-refractivity contribution in [2.75, 3.05) is 5.75 Å². The quantitative estimate of drug-likeness (QED) is 0.469. The van der Waals surface area contributed by atoms with E-state index in [1.807, 2.05) is 0 Å². The average molecular weight is 173 g/mol. The van der Waals surface area contributed by atoms with Crippen LogP contribution in [0.3, 0.4) is 0 Å². The Hall–Kier alpha value is -0.240. The molecule has 0 N–H and O–H groups in total. The second-order valence-corrected chi connectivity index (χ2v) is 3.69. The number of hydrogen-bond donors (Lipinski definition) is 0. The van der Waals surface area contributed by atoms with Gasteiger partial charge in [-0.1, -0.05) is 40.3 Å². The van der Waals surface area contributed by atoms with Gasteiger partial charge in [0.2, 0.25) is 0 Å². The molecular formula is C9H19NS. The molecule has 0 saturated carbocycles. The zero-order valence-electron chi connectivity index (χ0n) is 8.00. The van der Waals surface area contributed by atoms with Gasteiger partial charge in [-0.2, -0.15) is 0 Å². The van der Waals surface area contributed by atoms with Crippen LogP contribution in [-0.2, 0) is 0 Å². The van der Waals surface area contributed by atoms with Gasteiger partial charge in [-0.3, -0.25) is 0 Å². The number of hydrogen-bond acceptors (Lipinski definition) is 2. The molecule has 1 nitrogen and oxygen atoms in total.